The summed E-state index contributed by atoms with van der Waals surface area (Å²) in [5.41, 5.74) is 0.496. The number of carbonyl (C=O) groups is 1. The van der Waals surface area contributed by atoms with Gasteiger partial charge < -0.3 is 10.1 Å². The summed E-state index contributed by atoms with van der Waals surface area (Å²) in [6.07, 6.45) is 1.53. The van der Waals surface area contributed by atoms with Gasteiger partial charge in [-0.2, -0.15) is 0 Å². The molecule has 1 heterocycles. The molecule has 2 rings (SSSR count). The Morgan fingerprint density at radius 3 is 2.89 bits per heavy atom. The number of pyridine rings is 1. The van der Waals surface area contributed by atoms with Gasteiger partial charge in [-0.3, -0.25) is 4.79 Å². The Bertz CT molecular complexity index is 572. The van der Waals surface area contributed by atoms with Gasteiger partial charge in [-0.05, 0) is 30.3 Å². The van der Waals surface area contributed by atoms with Crippen LogP contribution in [0.15, 0.2) is 42.6 Å². The van der Waals surface area contributed by atoms with E-state index >= 15 is 0 Å². The molecular formula is C13H11ClN2O2. The maximum atomic E-state index is 11.9. The SMILES string of the molecule is COc1cccc(C(=O)Nc2cc(Cl)ccn2)c1. The lowest BCUT2D eigenvalue weighted by Gasteiger charge is -2.06. The molecule has 0 aliphatic heterocycles. The van der Waals surface area contributed by atoms with Gasteiger partial charge in [0.25, 0.3) is 5.91 Å². The molecule has 1 aromatic heterocycles. The van der Waals surface area contributed by atoms with Crippen molar-refractivity contribution in [2.75, 3.05) is 12.4 Å². The van der Waals surface area contributed by atoms with E-state index in [-0.39, 0.29) is 5.91 Å². The largest absolute Gasteiger partial charge is 0.497 e. The molecular weight excluding hydrogens is 252 g/mol. The monoisotopic (exact) mass is 262 g/mol. The number of benzene rings is 1. The Labute approximate surface area is 110 Å². The first-order valence-electron chi connectivity index (χ1n) is 5.26. The van der Waals surface area contributed by atoms with Gasteiger partial charge in [0.15, 0.2) is 0 Å². The number of nitrogens with one attached hydrogen (secondary N) is 1. The van der Waals surface area contributed by atoms with E-state index in [0.717, 1.165) is 0 Å². The van der Waals surface area contributed by atoms with E-state index in [2.05, 4.69) is 10.3 Å². The number of hydrogen-bond acceptors (Lipinski definition) is 3. The van der Waals surface area contributed by atoms with Gasteiger partial charge in [0.1, 0.15) is 11.6 Å². The second-order valence-electron chi connectivity index (χ2n) is 3.55. The zero-order chi connectivity index (χ0) is 13.0. The fourth-order valence-corrected chi connectivity index (χ4v) is 1.59. The third-order valence-electron chi connectivity index (χ3n) is 2.30. The van der Waals surface area contributed by atoms with Gasteiger partial charge in [0, 0.05) is 16.8 Å². The second kappa shape index (κ2) is 5.51. The van der Waals surface area contributed by atoms with Crippen molar-refractivity contribution in [3.8, 4) is 5.75 Å². The van der Waals surface area contributed by atoms with E-state index in [1.54, 1.807) is 43.5 Å². The van der Waals surface area contributed by atoms with Crippen LogP contribution in [0.5, 0.6) is 5.75 Å². The number of aromatic nitrogens is 1. The molecule has 0 spiro atoms. The number of amides is 1. The molecule has 92 valence electrons. The predicted octanol–water partition coefficient (Wildman–Crippen LogP) is 3.00. The van der Waals surface area contributed by atoms with Gasteiger partial charge in [0.2, 0.25) is 0 Å². The summed E-state index contributed by atoms with van der Waals surface area (Å²) >= 11 is 5.81. The number of hydrogen-bond donors (Lipinski definition) is 1. The first kappa shape index (κ1) is 12.4. The highest BCUT2D eigenvalue weighted by Gasteiger charge is 2.07. The van der Waals surface area contributed by atoms with E-state index in [4.69, 9.17) is 16.3 Å². The third-order valence-corrected chi connectivity index (χ3v) is 2.53. The minimum atomic E-state index is -0.260. The predicted molar refractivity (Wildman–Crippen MR) is 70.2 cm³/mol. The molecule has 4 nitrogen and oxygen atoms in total. The Balaban J connectivity index is 2.16. The van der Waals surface area contributed by atoms with E-state index < -0.39 is 0 Å². The fraction of sp³-hybridized carbons (Fsp3) is 0.0769. The second-order valence-corrected chi connectivity index (χ2v) is 3.98. The lowest BCUT2D eigenvalue weighted by molar-refractivity contribution is 0.102. The van der Waals surface area contributed by atoms with Gasteiger partial charge in [-0.1, -0.05) is 17.7 Å². The van der Waals surface area contributed by atoms with Crippen molar-refractivity contribution in [1.82, 2.24) is 4.98 Å². The van der Waals surface area contributed by atoms with Gasteiger partial charge >= 0.3 is 0 Å². The first-order chi connectivity index (χ1) is 8.69. The van der Waals surface area contributed by atoms with Crippen LogP contribution >= 0.6 is 11.6 Å². The van der Waals surface area contributed by atoms with Crippen molar-refractivity contribution in [2.24, 2.45) is 0 Å². The lowest BCUT2D eigenvalue weighted by atomic mass is 10.2. The molecule has 1 amide bonds. The van der Waals surface area contributed by atoms with E-state index in [0.29, 0.717) is 22.2 Å². The average Bonchev–Trinajstić information content (AvgIpc) is 2.39. The highest BCUT2D eigenvalue weighted by atomic mass is 35.5. The van der Waals surface area contributed by atoms with E-state index in [9.17, 15) is 4.79 Å². The average molecular weight is 263 g/mol. The summed E-state index contributed by atoms with van der Waals surface area (Å²) in [5, 5.41) is 3.18. The molecule has 5 heteroatoms. The van der Waals surface area contributed by atoms with Crippen molar-refractivity contribution in [3.63, 3.8) is 0 Å². The Morgan fingerprint density at radius 1 is 1.33 bits per heavy atom. The zero-order valence-electron chi connectivity index (χ0n) is 9.68. The number of halogens is 1. The standard InChI is InChI=1S/C13H11ClN2O2/c1-18-11-4-2-3-9(7-11)13(17)16-12-8-10(14)5-6-15-12/h2-8H,1H3,(H,15,16,17). The van der Waals surface area contributed by atoms with Crippen LogP contribution in [0.1, 0.15) is 10.4 Å². The quantitative estimate of drug-likeness (QED) is 0.925. The van der Waals surface area contributed by atoms with Crippen LogP contribution in [0.3, 0.4) is 0 Å². The normalized spacial score (nSPS) is 9.89. The van der Waals surface area contributed by atoms with Crippen LogP contribution in [-0.4, -0.2) is 18.0 Å². The summed E-state index contributed by atoms with van der Waals surface area (Å²) in [4.78, 5) is 15.9. The van der Waals surface area contributed by atoms with Gasteiger partial charge in [-0.25, -0.2) is 4.98 Å². The smallest absolute Gasteiger partial charge is 0.256 e. The summed E-state index contributed by atoms with van der Waals surface area (Å²) in [7, 11) is 1.55. The third kappa shape index (κ3) is 2.99. The Hall–Kier alpha value is -2.07. The maximum absolute atomic E-state index is 11.9. The number of methoxy groups -OCH3 is 1. The van der Waals surface area contributed by atoms with Crippen LogP contribution in [0.4, 0.5) is 5.82 Å². The molecule has 1 N–H and O–H groups in total. The minimum absolute atomic E-state index is 0.260. The van der Waals surface area contributed by atoms with Crippen molar-refractivity contribution in [3.05, 3.63) is 53.2 Å². The molecule has 18 heavy (non-hydrogen) atoms. The van der Waals surface area contributed by atoms with Crippen LogP contribution < -0.4 is 10.1 Å². The fourth-order valence-electron chi connectivity index (χ4n) is 1.43. The molecule has 2 aromatic rings. The van der Waals surface area contributed by atoms with Crippen LogP contribution in [0, 0.1) is 0 Å². The van der Waals surface area contributed by atoms with Gasteiger partial charge in [-0.15, -0.1) is 0 Å². The van der Waals surface area contributed by atoms with Crippen LogP contribution in [0.25, 0.3) is 0 Å². The van der Waals surface area contributed by atoms with Crippen molar-refractivity contribution in [1.29, 1.82) is 0 Å². The topological polar surface area (TPSA) is 51.2 Å². The van der Waals surface area contributed by atoms with Crippen molar-refractivity contribution >= 4 is 23.3 Å². The Morgan fingerprint density at radius 2 is 2.17 bits per heavy atom. The van der Waals surface area contributed by atoms with Crippen LogP contribution in [-0.2, 0) is 0 Å². The lowest BCUT2D eigenvalue weighted by Crippen LogP contribution is -2.12. The molecule has 0 aliphatic carbocycles. The number of nitrogens with zero attached hydrogens (tertiary/aromatic N) is 1. The zero-order valence-corrected chi connectivity index (χ0v) is 10.4. The molecule has 1 aromatic carbocycles. The maximum Gasteiger partial charge on any atom is 0.256 e. The number of anilines is 1. The molecule has 0 saturated heterocycles. The number of carbonyl (C=O) groups excluding carboxylic acids is 1. The molecule has 0 fully saturated rings. The summed E-state index contributed by atoms with van der Waals surface area (Å²) < 4.78 is 5.06. The summed E-state index contributed by atoms with van der Waals surface area (Å²) in [6, 6.07) is 10.1. The number of ether oxygens (including phenoxy) is 1. The van der Waals surface area contributed by atoms with Crippen molar-refractivity contribution < 1.29 is 9.53 Å². The molecule has 0 radical (unpaired) electrons. The van der Waals surface area contributed by atoms with Gasteiger partial charge in [0.05, 0.1) is 7.11 Å². The first-order valence-corrected chi connectivity index (χ1v) is 5.64. The number of rotatable bonds is 3. The van der Waals surface area contributed by atoms with E-state index in [1.165, 1.54) is 6.20 Å². The molecule has 0 atom stereocenters. The minimum Gasteiger partial charge on any atom is -0.497 e. The van der Waals surface area contributed by atoms with Crippen LogP contribution in [0.2, 0.25) is 5.02 Å². The van der Waals surface area contributed by atoms with E-state index in [1.807, 2.05) is 0 Å². The highest BCUT2D eigenvalue weighted by molar-refractivity contribution is 6.30. The molecule has 0 bridgehead atoms. The molecule has 0 saturated carbocycles. The molecule has 0 aliphatic rings. The van der Waals surface area contributed by atoms with Crippen molar-refractivity contribution in [2.45, 2.75) is 0 Å². The molecule has 0 unspecified atom stereocenters. The summed E-state index contributed by atoms with van der Waals surface area (Å²) in [5.74, 6) is 0.778. The highest BCUT2D eigenvalue weighted by Crippen LogP contribution is 2.15. The summed E-state index contributed by atoms with van der Waals surface area (Å²) in [6.45, 7) is 0. The Kier molecular flexibility index (Phi) is 3.79.